The van der Waals surface area contributed by atoms with Crippen molar-refractivity contribution in [2.24, 2.45) is 4.99 Å². The molecule has 6 rings (SSSR count). The van der Waals surface area contributed by atoms with Crippen LogP contribution < -0.4 is 10.2 Å². The fraction of sp³-hybridized carbons (Fsp3) is 0.265. The molecule has 4 heteroatoms. The van der Waals surface area contributed by atoms with Crippen LogP contribution in [0.5, 0.6) is 0 Å². The molecular formula is C34H36N4. The lowest BCUT2D eigenvalue weighted by molar-refractivity contribution is 0.739. The lowest BCUT2D eigenvalue weighted by Gasteiger charge is -2.24. The molecule has 0 bridgehead atoms. The number of fused-ring (bicyclic) bond motifs is 2. The highest BCUT2D eigenvalue weighted by molar-refractivity contribution is 6.08. The van der Waals surface area contributed by atoms with E-state index in [1.54, 1.807) is 0 Å². The molecule has 2 aliphatic heterocycles. The number of hydrogen-bond acceptors (Lipinski definition) is 3. The number of hydrogen-bond donors (Lipinski definition) is 1. The van der Waals surface area contributed by atoms with Gasteiger partial charge in [-0.1, -0.05) is 62.4 Å². The maximum absolute atomic E-state index is 5.00. The summed E-state index contributed by atoms with van der Waals surface area (Å²) >= 11 is 0. The van der Waals surface area contributed by atoms with Crippen LogP contribution >= 0.6 is 0 Å². The molecule has 1 aliphatic carbocycles. The van der Waals surface area contributed by atoms with Crippen LogP contribution in [-0.2, 0) is 11.8 Å². The molecule has 3 aliphatic rings. The summed E-state index contributed by atoms with van der Waals surface area (Å²) in [7, 11) is 4.19. The lowest BCUT2D eigenvalue weighted by Crippen LogP contribution is -2.23. The first-order valence-electron chi connectivity index (χ1n) is 13.6. The van der Waals surface area contributed by atoms with Crippen molar-refractivity contribution in [3.63, 3.8) is 0 Å². The topological polar surface area (TPSA) is 32.6 Å². The summed E-state index contributed by atoms with van der Waals surface area (Å²) in [5.41, 5.74) is 12.5. The van der Waals surface area contributed by atoms with Crippen LogP contribution in [-0.4, -0.2) is 24.4 Å². The van der Waals surface area contributed by atoms with Crippen LogP contribution in [0.2, 0.25) is 0 Å². The molecule has 0 unspecified atom stereocenters. The third kappa shape index (κ3) is 4.45. The highest BCUT2D eigenvalue weighted by Gasteiger charge is 2.33. The average Bonchev–Trinajstić information content (AvgIpc) is 3.62. The maximum atomic E-state index is 5.00. The van der Waals surface area contributed by atoms with Gasteiger partial charge in [0.2, 0.25) is 0 Å². The second-order valence-corrected chi connectivity index (χ2v) is 11.2. The van der Waals surface area contributed by atoms with Crippen LogP contribution in [0.15, 0.2) is 113 Å². The minimum Gasteiger partial charge on any atom is -0.376 e. The normalized spacial score (nSPS) is 20.2. The van der Waals surface area contributed by atoms with Gasteiger partial charge in [0.05, 0.1) is 22.8 Å². The zero-order valence-corrected chi connectivity index (χ0v) is 22.8. The van der Waals surface area contributed by atoms with Crippen molar-refractivity contribution in [1.82, 2.24) is 4.57 Å². The van der Waals surface area contributed by atoms with Gasteiger partial charge in [0.1, 0.15) is 0 Å². The largest absolute Gasteiger partial charge is 0.376 e. The molecule has 192 valence electrons. The predicted octanol–water partition coefficient (Wildman–Crippen LogP) is 8.05. The van der Waals surface area contributed by atoms with Crippen molar-refractivity contribution in [2.75, 3.05) is 24.3 Å². The first kappa shape index (κ1) is 24.3. The molecule has 3 aromatic rings. The number of para-hydroxylation sites is 2. The standard InChI is InChI=1S/C34H36N4/c1-34(2)29-13-6-8-15-31(29)36-32(34)19-17-25-12-9-11-24(33(25)38-21-20-28(23-38)37(3)4)16-18-27-22-26-10-5-7-14-30(26)35-27/h5-8,10,13-21,23,35H,9,11-12,22H2,1-4H3/b19-17+,24-16+,27-18+. The van der Waals surface area contributed by atoms with E-state index in [0.717, 1.165) is 37.1 Å². The zero-order chi connectivity index (χ0) is 26.3. The third-order valence-corrected chi connectivity index (χ3v) is 8.03. The molecule has 1 N–H and O–H groups in total. The summed E-state index contributed by atoms with van der Waals surface area (Å²) in [4.78, 5) is 7.16. The van der Waals surface area contributed by atoms with Crippen molar-refractivity contribution in [3.05, 3.63) is 119 Å². The number of aliphatic imine (C=N–C) groups is 1. The first-order valence-corrected chi connectivity index (χ1v) is 13.6. The van der Waals surface area contributed by atoms with Crippen molar-refractivity contribution in [2.45, 2.75) is 44.9 Å². The van der Waals surface area contributed by atoms with Gasteiger partial charge < -0.3 is 14.8 Å². The molecule has 38 heavy (non-hydrogen) atoms. The summed E-state index contributed by atoms with van der Waals surface area (Å²) in [5, 5.41) is 3.60. The molecule has 0 amide bonds. The Morgan fingerprint density at radius 1 is 0.947 bits per heavy atom. The number of benzene rings is 2. The van der Waals surface area contributed by atoms with E-state index in [2.05, 4.69) is 134 Å². The van der Waals surface area contributed by atoms with Crippen molar-refractivity contribution in [3.8, 4) is 0 Å². The number of nitrogens with one attached hydrogen (secondary N) is 1. The van der Waals surface area contributed by atoms with Gasteiger partial charge in [-0.3, -0.25) is 4.99 Å². The minimum absolute atomic E-state index is 0.0970. The highest BCUT2D eigenvalue weighted by atomic mass is 15.1. The number of anilines is 2. The number of allylic oxidation sites excluding steroid dienone is 8. The molecular weight excluding hydrogens is 464 g/mol. The summed E-state index contributed by atoms with van der Waals surface area (Å²) in [6.45, 7) is 4.55. The van der Waals surface area contributed by atoms with Gasteiger partial charge in [0.25, 0.3) is 0 Å². The van der Waals surface area contributed by atoms with Crippen LogP contribution in [0.25, 0.3) is 5.70 Å². The second-order valence-electron chi connectivity index (χ2n) is 11.2. The number of aromatic nitrogens is 1. The van der Waals surface area contributed by atoms with Gasteiger partial charge >= 0.3 is 0 Å². The molecule has 0 radical (unpaired) electrons. The third-order valence-electron chi connectivity index (χ3n) is 8.03. The maximum Gasteiger partial charge on any atom is 0.0674 e. The molecule has 1 aromatic heterocycles. The van der Waals surface area contributed by atoms with Gasteiger partial charge in [-0.05, 0) is 71.9 Å². The van der Waals surface area contributed by atoms with Crippen molar-refractivity contribution < 1.29 is 0 Å². The van der Waals surface area contributed by atoms with Crippen molar-refractivity contribution in [1.29, 1.82) is 0 Å². The van der Waals surface area contributed by atoms with Crippen LogP contribution in [0.3, 0.4) is 0 Å². The van der Waals surface area contributed by atoms with E-state index >= 15 is 0 Å². The summed E-state index contributed by atoms with van der Waals surface area (Å²) < 4.78 is 2.31. The Balaban J connectivity index is 1.38. The number of rotatable bonds is 5. The first-order chi connectivity index (χ1) is 18.4. The monoisotopic (exact) mass is 500 g/mol. The summed E-state index contributed by atoms with van der Waals surface area (Å²) in [6.07, 6.45) is 17.8. The summed E-state index contributed by atoms with van der Waals surface area (Å²) in [6, 6.07) is 19.3. The minimum atomic E-state index is -0.0970. The Bertz CT molecular complexity index is 1510. The molecule has 4 nitrogen and oxygen atoms in total. The van der Waals surface area contributed by atoms with Gasteiger partial charge in [0.15, 0.2) is 0 Å². The van der Waals surface area contributed by atoms with Crippen molar-refractivity contribution >= 4 is 28.5 Å². The fourth-order valence-corrected chi connectivity index (χ4v) is 5.81. The van der Waals surface area contributed by atoms with Gasteiger partial charge in [-0.15, -0.1) is 0 Å². The van der Waals surface area contributed by atoms with Gasteiger partial charge in [-0.2, -0.15) is 0 Å². The molecule has 0 saturated heterocycles. The Morgan fingerprint density at radius 2 is 1.76 bits per heavy atom. The molecule has 2 aromatic carbocycles. The van der Waals surface area contributed by atoms with Crippen LogP contribution in [0.1, 0.15) is 44.2 Å². The van der Waals surface area contributed by atoms with E-state index in [0.29, 0.717) is 0 Å². The number of nitrogens with zero attached hydrogens (tertiary/aromatic N) is 3. The Hall–Kier alpha value is -4.05. The smallest absolute Gasteiger partial charge is 0.0674 e. The second kappa shape index (κ2) is 9.68. The van der Waals surface area contributed by atoms with E-state index in [1.165, 1.54) is 45.0 Å². The molecule has 0 spiro atoms. The summed E-state index contributed by atoms with van der Waals surface area (Å²) in [5.74, 6) is 0. The van der Waals surface area contributed by atoms with Crippen LogP contribution in [0, 0.1) is 0 Å². The van der Waals surface area contributed by atoms with E-state index < -0.39 is 0 Å². The zero-order valence-electron chi connectivity index (χ0n) is 22.8. The molecule has 0 atom stereocenters. The molecule has 0 fully saturated rings. The van der Waals surface area contributed by atoms with E-state index in [-0.39, 0.29) is 5.41 Å². The Morgan fingerprint density at radius 3 is 2.55 bits per heavy atom. The predicted molar refractivity (Wildman–Crippen MR) is 161 cm³/mol. The lowest BCUT2D eigenvalue weighted by atomic mass is 9.81. The van der Waals surface area contributed by atoms with E-state index in [4.69, 9.17) is 4.99 Å². The van der Waals surface area contributed by atoms with E-state index in [1.807, 2.05) is 0 Å². The quantitative estimate of drug-likeness (QED) is 0.384. The Kier molecular flexibility index (Phi) is 6.19. The average molecular weight is 501 g/mol. The fourth-order valence-electron chi connectivity index (χ4n) is 5.81. The molecule has 0 saturated carbocycles. The van der Waals surface area contributed by atoms with E-state index in [9.17, 15) is 0 Å². The SMILES string of the molecule is CN(C)c1ccn(C2=C(/C=C/C3=Nc4ccccc4C3(C)C)CCC/C2=C\C=C2/Cc3ccccc3N2)c1. The van der Waals surface area contributed by atoms with Crippen LogP contribution in [0.4, 0.5) is 17.1 Å². The Labute approximate surface area is 226 Å². The highest BCUT2D eigenvalue weighted by Crippen LogP contribution is 2.41. The van der Waals surface area contributed by atoms with Gasteiger partial charge in [-0.25, -0.2) is 0 Å². The molecule has 3 heterocycles. The van der Waals surface area contributed by atoms with Gasteiger partial charge in [0, 0.05) is 49.7 Å².